The number of methoxy groups -OCH3 is 3. The molecule has 0 radical (unpaired) electrons. The summed E-state index contributed by atoms with van der Waals surface area (Å²) in [5, 5.41) is 5.07. The van der Waals surface area contributed by atoms with Crippen molar-refractivity contribution in [2.75, 3.05) is 21.3 Å². The number of benzene rings is 5. The Hall–Kier alpha value is -4.05. The van der Waals surface area contributed by atoms with E-state index in [0.29, 0.717) is 17.2 Å². The van der Waals surface area contributed by atoms with Gasteiger partial charge in [0.25, 0.3) is 0 Å². The third-order valence-corrected chi connectivity index (χ3v) is 13.3. The number of aryl methyl sites for hydroxylation is 1. The Bertz CT molecular complexity index is 1730. The predicted molar refractivity (Wildman–Crippen MR) is 184 cm³/mol. The Labute approximate surface area is 262 Å². The first kappa shape index (κ1) is 29.0. The highest BCUT2D eigenvalue weighted by molar-refractivity contribution is 9.10. The van der Waals surface area contributed by atoms with Crippen LogP contribution in [0.25, 0.3) is 10.9 Å². The van der Waals surface area contributed by atoms with Crippen LogP contribution in [0.15, 0.2) is 132 Å². The summed E-state index contributed by atoms with van der Waals surface area (Å²) in [6, 6.07) is 43.8. The number of aromatic nitrogens is 1. The number of hydrogen-bond donors (Lipinski definition) is 0. The molecule has 0 saturated carbocycles. The zero-order valence-electron chi connectivity index (χ0n) is 24.7. The minimum absolute atomic E-state index is 0.105. The number of halogens is 1. The van der Waals surface area contributed by atoms with Gasteiger partial charge in [0.15, 0.2) is 11.5 Å². The van der Waals surface area contributed by atoms with Crippen molar-refractivity contribution in [1.29, 1.82) is 0 Å². The van der Waals surface area contributed by atoms with Crippen molar-refractivity contribution in [3.63, 3.8) is 0 Å². The van der Waals surface area contributed by atoms with Crippen LogP contribution in [0.5, 0.6) is 17.2 Å². The number of nitrogens with zero attached hydrogens (tertiary/aromatic N) is 1. The molecule has 1 aromatic heterocycles. The second-order valence-electron chi connectivity index (χ2n) is 10.4. The van der Waals surface area contributed by atoms with Gasteiger partial charge >= 0.3 is 0 Å². The van der Waals surface area contributed by atoms with Gasteiger partial charge in [0.2, 0.25) is 5.75 Å². The van der Waals surface area contributed by atoms with Crippen LogP contribution in [0.1, 0.15) is 16.8 Å². The van der Waals surface area contributed by atoms with E-state index in [2.05, 4.69) is 155 Å². The molecule has 0 spiro atoms. The Morgan fingerprint density at radius 2 is 1.12 bits per heavy atom. The normalized spacial score (nSPS) is 12.2. The molecule has 1 atom stereocenters. The van der Waals surface area contributed by atoms with Gasteiger partial charge in [0, 0.05) is 39.7 Å². The minimum Gasteiger partial charge on any atom is -0.493 e. The summed E-state index contributed by atoms with van der Waals surface area (Å²) in [7, 11) is 4.65. The van der Waals surface area contributed by atoms with Gasteiger partial charge in [-0.3, -0.25) is 0 Å². The molecule has 6 rings (SSSR count). The Morgan fingerprint density at radius 1 is 0.628 bits per heavy atom. The molecule has 0 aliphatic rings. The number of rotatable bonds is 9. The summed E-state index contributed by atoms with van der Waals surface area (Å²) in [6.07, 6.45) is 2.30. The minimum atomic E-state index is -2.48. The van der Waals surface area contributed by atoms with Crippen LogP contribution in [0, 0.1) is 0 Å². The second kappa shape index (κ2) is 12.3. The van der Waals surface area contributed by atoms with Crippen molar-refractivity contribution < 1.29 is 14.2 Å². The molecular formula is C37H34BrNO3P+. The van der Waals surface area contributed by atoms with Crippen LogP contribution in [-0.4, -0.2) is 25.9 Å². The van der Waals surface area contributed by atoms with Crippen LogP contribution in [0.3, 0.4) is 0 Å². The molecule has 0 aliphatic heterocycles. The topological polar surface area (TPSA) is 32.6 Å². The number of hydrogen-bond acceptors (Lipinski definition) is 3. The van der Waals surface area contributed by atoms with E-state index in [4.69, 9.17) is 14.2 Å². The second-order valence-corrected chi connectivity index (χ2v) is 14.9. The van der Waals surface area contributed by atoms with E-state index in [1.807, 2.05) is 0 Å². The van der Waals surface area contributed by atoms with E-state index in [1.54, 1.807) is 21.3 Å². The van der Waals surface area contributed by atoms with Crippen molar-refractivity contribution in [2.45, 2.75) is 5.66 Å². The van der Waals surface area contributed by atoms with Gasteiger partial charge in [-0.1, -0.05) is 70.5 Å². The molecule has 4 nitrogen and oxygen atoms in total. The summed E-state index contributed by atoms with van der Waals surface area (Å²) in [5.41, 5.74) is 3.39. The summed E-state index contributed by atoms with van der Waals surface area (Å²) in [6.45, 7) is 0. The number of ether oxygens (including phenoxy) is 3. The van der Waals surface area contributed by atoms with Gasteiger partial charge in [-0.15, -0.1) is 0 Å². The van der Waals surface area contributed by atoms with Crippen molar-refractivity contribution in [3.05, 3.63) is 143 Å². The zero-order valence-corrected chi connectivity index (χ0v) is 27.2. The first-order chi connectivity index (χ1) is 21.0. The fourth-order valence-electron chi connectivity index (χ4n) is 6.37. The molecule has 0 bridgehead atoms. The molecule has 0 N–H and O–H groups in total. The van der Waals surface area contributed by atoms with Crippen LogP contribution >= 0.6 is 23.2 Å². The molecule has 6 aromatic rings. The quantitative estimate of drug-likeness (QED) is 0.148. The fraction of sp³-hybridized carbons (Fsp3) is 0.135. The van der Waals surface area contributed by atoms with Gasteiger partial charge in [0.1, 0.15) is 28.8 Å². The third-order valence-electron chi connectivity index (χ3n) is 8.16. The summed E-state index contributed by atoms with van der Waals surface area (Å²) >= 11 is 3.77. The fourth-order valence-corrected chi connectivity index (χ4v) is 11.7. The van der Waals surface area contributed by atoms with Gasteiger partial charge < -0.3 is 18.8 Å². The predicted octanol–water partition coefficient (Wildman–Crippen LogP) is 8.05. The molecule has 1 unspecified atom stereocenters. The molecule has 1 heterocycles. The van der Waals surface area contributed by atoms with Gasteiger partial charge in [-0.05, 0) is 66.7 Å². The molecule has 216 valence electrons. The van der Waals surface area contributed by atoms with E-state index in [9.17, 15) is 0 Å². The molecule has 43 heavy (non-hydrogen) atoms. The maximum Gasteiger partial charge on any atom is 0.203 e. The average Bonchev–Trinajstić information content (AvgIpc) is 3.38. The SMILES string of the molecule is COc1cc(C(c2cn(C)c3ccc(Br)cc23)[P+](c2ccccc2)(c2ccccc2)c2ccccc2)cc(OC)c1OC. The number of fused-ring (bicyclic) bond motifs is 1. The van der Waals surface area contributed by atoms with Crippen LogP contribution < -0.4 is 30.1 Å². The lowest BCUT2D eigenvalue weighted by atomic mass is 10.0. The van der Waals surface area contributed by atoms with E-state index >= 15 is 0 Å². The van der Waals surface area contributed by atoms with E-state index < -0.39 is 7.26 Å². The Morgan fingerprint density at radius 3 is 1.56 bits per heavy atom. The largest absolute Gasteiger partial charge is 0.493 e. The van der Waals surface area contributed by atoms with E-state index in [-0.39, 0.29) is 5.66 Å². The van der Waals surface area contributed by atoms with E-state index in [1.165, 1.54) is 32.4 Å². The maximum atomic E-state index is 5.94. The van der Waals surface area contributed by atoms with Crippen LogP contribution in [0.4, 0.5) is 0 Å². The van der Waals surface area contributed by atoms with Gasteiger partial charge in [-0.2, -0.15) is 0 Å². The molecule has 6 heteroatoms. The highest BCUT2D eigenvalue weighted by atomic mass is 79.9. The van der Waals surface area contributed by atoms with Crippen molar-refractivity contribution >= 4 is 50.0 Å². The smallest absolute Gasteiger partial charge is 0.203 e. The first-order valence-electron chi connectivity index (χ1n) is 14.1. The highest BCUT2D eigenvalue weighted by Gasteiger charge is 2.55. The summed E-state index contributed by atoms with van der Waals surface area (Å²) < 4.78 is 20.9. The zero-order chi connectivity index (χ0) is 30.0. The van der Waals surface area contributed by atoms with Crippen molar-refractivity contribution in [1.82, 2.24) is 4.57 Å². The van der Waals surface area contributed by atoms with Gasteiger partial charge in [-0.25, -0.2) is 0 Å². The molecular weight excluding hydrogens is 617 g/mol. The van der Waals surface area contributed by atoms with Crippen molar-refractivity contribution in [2.24, 2.45) is 7.05 Å². The summed E-state index contributed by atoms with van der Waals surface area (Å²) in [5.74, 6) is 1.85. The summed E-state index contributed by atoms with van der Waals surface area (Å²) in [4.78, 5) is 0. The van der Waals surface area contributed by atoms with Crippen LogP contribution in [0.2, 0.25) is 0 Å². The molecule has 0 aliphatic carbocycles. The Balaban J connectivity index is 1.85. The maximum absolute atomic E-state index is 5.94. The van der Waals surface area contributed by atoms with Crippen molar-refractivity contribution in [3.8, 4) is 17.2 Å². The van der Waals surface area contributed by atoms with E-state index in [0.717, 1.165) is 10.0 Å². The molecule has 5 aromatic carbocycles. The Kier molecular flexibility index (Phi) is 8.30. The molecule has 0 saturated heterocycles. The lowest BCUT2D eigenvalue weighted by Gasteiger charge is -2.35. The third kappa shape index (κ3) is 5.01. The standard InChI is InChI=1S/C37H34BrNO3P/c1-39-25-32(31-24-27(38)20-21-33(31)39)37(26-22-34(40-2)36(42-4)35(23-26)41-3)43(28-14-8-5-9-15-28,29-16-10-6-11-17-29)30-18-12-7-13-19-30/h5-25,37H,1-4H3/q+1. The molecule has 0 fully saturated rings. The monoisotopic (exact) mass is 650 g/mol. The lowest BCUT2D eigenvalue weighted by molar-refractivity contribution is 0.324. The van der Waals surface area contributed by atoms with Crippen LogP contribution in [-0.2, 0) is 7.05 Å². The molecule has 0 amide bonds. The average molecular weight is 652 g/mol. The highest BCUT2D eigenvalue weighted by Crippen LogP contribution is 2.70. The van der Waals surface area contributed by atoms with Gasteiger partial charge in [0.05, 0.1) is 21.3 Å². The first-order valence-corrected chi connectivity index (χ1v) is 16.8. The lowest BCUT2D eigenvalue weighted by Crippen LogP contribution is -2.35.